The van der Waals surface area contributed by atoms with Crippen molar-refractivity contribution in [3.8, 4) is 11.6 Å². The Hall–Kier alpha value is -2.63. The number of thioether (sulfide) groups is 1. The highest BCUT2D eigenvalue weighted by molar-refractivity contribution is 7.99. The van der Waals surface area contributed by atoms with Crippen LogP contribution in [0.4, 0.5) is 5.69 Å². The fourth-order valence-corrected chi connectivity index (χ4v) is 6.85. The average Bonchev–Trinajstić information content (AvgIpc) is 3.60. The lowest BCUT2D eigenvalue weighted by Crippen LogP contribution is -2.23. The molecule has 0 aliphatic heterocycles. The summed E-state index contributed by atoms with van der Waals surface area (Å²) in [7, 11) is -3.85. The first-order valence-corrected chi connectivity index (χ1v) is 13.9. The zero-order chi connectivity index (χ0) is 23.9. The second-order valence-electron chi connectivity index (χ2n) is 9.14. The SMILES string of the molecule is C[C@@H]([C@@H]1C[C@H]2CC[C@H]1C2)n1c(SCC(=O)Nc2cccc(S(N)(=O)=O)c2)nnc1-c1ccco1. The van der Waals surface area contributed by atoms with Crippen LogP contribution in [0, 0.1) is 17.8 Å². The minimum Gasteiger partial charge on any atom is -0.461 e. The summed E-state index contributed by atoms with van der Waals surface area (Å²) >= 11 is 1.30. The Kier molecular flexibility index (Phi) is 6.26. The van der Waals surface area contributed by atoms with Crippen molar-refractivity contribution in [3.63, 3.8) is 0 Å². The van der Waals surface area contributed by atoms with E-state index >= 15 is 0 Å². The maximum absolute atomic E-state index is 12.6. The quantitative estimate of drug-likeness (QED) is 0.447. The molecule has 2 fully saturated rings. The molecule has 0 unspecified atom stereocenters. The van der Waals surface area contributed by atoms with Crippen molar-refractivity contribution in [2.45, 2.75) is 48.7 Å². The number of amides is 1. The van der Waals surface area contributed by atoms with Crippen LogP contribution in [0.5, 0.6) is 0 Å². The molecule has 11 heteroatoms. The van der Waals surface area contributed by atoms with E-state index in [1.807, 2.05) is 12.1 Å². The number of sulfonamides is 1. The first-order valence-electron chi connectivity index (χ1n) is 11.3. The molecule has 9 nitrogen and oxygen atoms in total. The number of fused-ring (bicyclic) bond motifs is 2. The Balaban J connectivity index is 1.33. The molecule has 0 spiro atoms. The van der Waals surface area contributed by atoms with Crippen molar-refractivity contribution >= 4 is 33.4 Å². The van der Waals surface area contributed by atoms with Gasteiger partial charge in [0.2, 0.25) is 21.8 Å². The third-order valence-corrected chi connectivity index (χ3v) is 8.86. The van der Waals surface area contributed by atoms with E-state index in [0.29, 0.717) is 28.3 Å². The van der Waals surface area contributed by atoms with Crippen LogP contribution >= 0.6 is 11.8 Å². The van der Waals surface area contributed by atoms with Gasteiger partial charge in [0.1, 0.15) is 0 Å². The van der Waals surface area contributed by atoms with Gasteiger partial charge in [0.05, 0.1) is 16.9 Å². The van der Waals surface area contributed by atoms with Gasteiger partial charge in [-0.1, -0.05) is 24.2 Å². The number of rotatable bonds is 8. The topological polar surface area (TPSA) is 133 Å². The predicted molar refractivity (Wildman–Crippen MR) is 129 cm³/mol. The van der Waals surface area contributed by atoms with E-state index in [-0.39, 0.29) is 22.6 Å². The smallest absolute Gasteiger partial charge is 0.238 e. The molecule has 0 radical (unpaired) electrons. The van der Waals surface area contributed by atoms with E-state index in [0.717, 1.165) is 11.8 Å². The number of carbonyl (C=O) groups excluding carboxylic acids is 1. The highest BCUT2D eigenvalue weighted by Gasteiger charge is 2.43. The Morgan fingerprint density at radius 3 is 2.79 bits per heavy atom. The third-order valence-electron chi connectivity index (χ3n) is 7.00. The molecule has 3 aromatic rings. The maximum atomic E-state index is 12.6. The van der Waals surface area contributed by atoms with Crippen LogP contribution in [-0.2, 0) is 14.8 Å². The normalized spacial score (nSPS) is 22.7. The summed E-state index contributed by atoms with van der Waals surface area (Å²) in [5.41, 5.74) is 0.366. The summed E-state index contributed by atoms with van der Waals surface area (Å²) in [4.78, 5) is 12.6. The number of furan rings is 1. The Labute approximate surface area is 202 Å². The van der Waals surface area contributed by atoms with E-state index in [1.165, 1.54) is 55.6 Å². The number of hydrogen-bond donors (Lipinski definition) is 2. The van der Waals surface area contributed by atoms with Gasteiger partial charge in [-0.25, -0.2) is 13.6 Å². The highest BCUT2D eigenvalue weighted by Crippen LogP contribution is 2.53. The molecule has 2 saturated carbocycles. The molecule has 2 heterocycles. The standard InChI is InChI=1S/C23H27N5O4S2/c1-14(19-11-15-7-8-16(19)10-15)28-22(20-6-3-9-32-20)26-27-23(28)33-13-21(29)25-17-4-2-5-18(12-17)34(24,30)31/h2-6,9,12,14-16,19H,7-8,10-11,13H2,1H3,(H,25,29)(H2,24,30,31)/t14-,15-,16-,19-/m0/s1. The van der Waals surface area contributed by atoms with Crippen LogP contribution in [0.1, 0.15) is 38.6 Å². The summed E-state index contributed by atoms with van der Waals surface area (Å²) in [6.45, 7) is 2.21. The number of nitrogens with two attached hydrogens (primary N) is 1. The zero-order valence-electron chi connectivity index (χ0n) is 18.8. The van der Waals surface area contributed by atoms with Crippen LogP contribution in [0.2, 0.25) is 0 Å². The molecule has 5 rings (SSSR count). The van der Waals surface area contributed by atoms with Crippen LogP contribution < -0.4 is 10.5 Å². The summed E-state index contributed by atoms with van der Waals surface area (Å²) in [5.74, 6) is 3.23. The predicted octanol–water partition coefficient (Wildman–Crippen LogP) is 3.91. The highest BCUT2D eigenvalue weighted by atomic mass is 32.2. The lowest BCUT2D eigenvalue weighted by atomic mass is 9.84. The number of nitrogens with one attached hydrogen (secondary N) is 1. The van der Waals surface area contributed by atoms with Crippen LogP contribution in [0.3, 0.4) is 0 Å². The maximum Gasteiger partial charge on any atom is 0.238 e. The second kappa shape index (κ2) is 9.20. The Bertz CT molecular complexity index is 1290. The molecule has 2 aliphatic rings. The van der Waals surface area contributed by atoms with Gasteiger partial charge in [-0.2, -0.15) is 0 Å². The summed E-state index contributed by atoms with van der Waals surface area (Å²) in [6.07, 6.45) is 6.74. The fourth-order valence-electron chi connectivity index (χ4n) is 5.47. The summed E-state index contributed by atoms with van der Waals surface area (Å²) < 4.78 is 30.9. The van der Waals surface area contributed by atoms with Crippen molar-refractivity contribution in [1.29, 1.82) is 0 Å². The van der Waals surface area contributed by atoms with E-state index in [1.54, 1.807) is 12.3 Å². The van der Waals surface area contributed by atoms with E-state index < -0.39 is 10.0 Å². The van der Waals surface area contributed by atoms with E-state index in [9.17, 15) is 13.2 Å². The van der Waals surface area contributed by atoms with Crippen LogP contribution in [0.25, 0.3) is 11.6 Å². The monoisotopic (exact) mass is 501 g/mol. The first-order chi connectivity index (χ1) is 16.3. The Morgan fingerprint density at radius 2 is 2.12 bits per heavy atom. The number of hydrogen-bond acceptors (Lipinski definition) is 7. The van der Waals surface area contributed by atoms with Gasteiger partial charge in [-0.3, -0.25) is 9.36 Å². The number of benzene rings is 1. The number of carbonyl (C=O) groups is 1. The van der Waals surface area contributed by atoms with Gasteiger partial charge >= 0.3 is 0 Å². The lowest BCUT2D eigenvalue weighted by molar-refractivity contribution is -0.113. The molecule has 0 saturated heterocycles. The van der Waals surface area contributed by atoms with Gasteiger partial charge in [-0.15, -0.1) is 10.2 Å². The zero-order valence-corrected chi connectivity index (χ0v) is 20.4. The van der Waals surface area contributed by atoms with Gasteiger partial charge in [0.25, 0.3) is 0 Å². The van der Waals surface area contributed by atoms with Gasteiger partial charge in [0.15, 0.2) is 10.9 Å². The molecule has 1 aromatic carbocycles. The molecule has 2 bridgehead atoms. The minimum atomic E-state index is -3.85. The van der Waals surface area contributed by atoms with Crippen molar-refractivity contribution < 1.29 is 17.6 Å². The second-order valence-corrected chi connectivity index (χ2v) is 11.6. The van der Waals surface area contributed by atoms with Crippen molar-refractivity contribution in [3.05, 3.63) is 42.7 Å². The van der Waals surface area contributed by atoms with E-state index in [2.05, 4.69) is 27.0 Å². The molecular formula is C23H27N5O4S2. The van der Waals surface area contributed by atoms with Crippen LogP contribution in [-0.4, -0.2) is 34.8 Å². The molecule has 2 aliphatic carbocycles. The van der Waals surface area contributed by atoms with Crippen LogP contribution in [0.15, 0.2) is 57.1 Å². The van der Waals surface area contributed by atoms with Crippen molar-refractivity contribution in [1.82, 2.24) is 14.8 Å². The number of primary sulfonamides is 1. The fraction of sp³-hybridized carbons (Fsp3) is 0.435. The molecule has 4 atom stereocenters. The Morgan fingerprint density at radius 1 is 1.26 bits per heavy atom. The van der Waals surface area contributed by atoms with Gasteiger partial charge in [0, 0.05) is 11.7 Å². The molecule has 34 heavy (non-hydrogen) atoms. The number of anilines is 1. The van der Waals surface area contributed by atoms with Crippen molar-refractivity contribution in [2.24, 2.45) is 22.9 Å². The van der Waals surface area contributed by atoms with E-state index in [4.69, 9.17) is 9.56 Å². The molecule has 2 aromatic heterocycles. The van der Waals surface area contributed by atoms with Crippen molar-refractivity contribution in [2.75, 3.05) is 11.1 Å². The third kappa shape index (κ3) is 4.64. The minimum absolute atomic E-state index is 0.0551. The molecule has 180 valence electrons. The molecule has 3 N–H and O–H groups in total. The summed E-state index contributed by atoms with van der Waals surface area (Å²) in [5, 5.41) is 17.4. The largest absolute Gasteiger partial charge is 0.461 e. The lowest BCUT2D eigenvalue weighted by Gasteiger charge is -2.30. The van der Waals surface area contributed by atoms with Gasteiger partial charge < -0.3 is 9.73 Å². The molecule has 1 amide bonds. The average molecular weight is 502 g/mol. The molecular weight excluding hydrogens is 474 g/mol. The summed E-state index contributed by atoms with van der Waals surface area (Å²) in [6, 6.07) is 9.75. The number of aromatic nitrogens is 3. The number of nitrogens with zero attached hydrogens (tertiary/aromatic N) is 3. The van der Waals surface area contributed by atoms with Gasteiger partial charge in [-0.05, 0) is 74.3 Å². The first kappa shape index (κ1) is 23.1.